The van der Waals surface area contributed by atoms with Gasteiger partial charge in [-0.2, -0.15) is 0 Å². The third-order valence-electron chi connectivity index (χ3n) is 1.97. The molecule has 0 amide bonds. The summed E-state index contributed by atoms with van der Waals surface area (Å²) in [5, 5.41) is 10.2. The number of aryl methyl sites for hydroxylation is 1. The quantitative estimate of drug-likeness (QED) is 0.749. The van der Waals surface area contributed by atoms with Crippen molar-refractivity contribution in [2.45, 2.75) is 26.4 Å². The van der Waals surface area contributed by atoms with Crippen LogP contribution in [-0.2, 0) is 0 Å². The van der Waals surface area contributed by atoms with Gasteiger partial charge in [0.15, 0.2) is 0 Å². The molecule has 12 heavy (non-hydrogen) atoms. The van der Waals surface area contributed by atoms with E-state index in [1.165, 1.54) is 0 Å². The summed E-state index contributed by atoms with van der Waals surface area (Å²) < 4.78 is 0. The van der Waals surface area contributed by atoms with Crippen molar-refractivity contribution in [3.63, 3.8) is 0 Å². The number of benzene rings is 1. The Morgan fingerprint density at radius 1 is 1.50 bits per heavy atom. The zero-order valence-corrected chi connectivity index (χ0v) is 8.10. The maximum absolute atomic E-state index is 9.55. The molecule has 0 saturated carbocycles. The molecule has 0 aliphatic rings. The standard InChI is InChI=1S/C10H13ClO/c1-3-9(12)8-6-4-5-7(2)10(8)11/h4-6,9,12H,3H2,1-2H3. The van der Waals surface area contributed by atoms with E-state index in [1.807, 2.05) is 32.0 Å². The van der Waals surface area contributed by atoms with Gasteiger partial charge >= 0.3 is 0 Å². The molecule has 0 aromatic heterocycles. The fourth-order valence-corrected chi connectivity index (χ4v) is 1.40. The zero-order chi connectivity index (χ0) is 9.14. The van der Waals surface area contributed by atoms with Gasteiger partial charge in [0.1, 0.15) is 0 Å². The molecule has 1 nitrogen and oxygen atoms in total. The molecule has 0 saturated heterocycles. The maximum atomic E-state index is 9.55. The molecule has 0 aliphatic heterocycles. The van der Waals surface area contributed by atoms with E-state index >= 15 is 0 Å². The second-order valence-electron chi connectivity index (χ2n) is 2.90. The molecule has 2 heteroatoms. The molecule has 0 radical (unpaired) electrons. The average molecular weight is 185 g/mol. The van der Waals surface area contributed by atoms with Crippen molar-refractivity contribution < 1.29 is 5.11 Å². The minimum Gasteiger partial charge on any atom is -0.388 e. The highest BCUT2D eigenvalue weighted by Gasteiger charge is 2.09. The Bertz CT molecular complexity index is 271. The smallest absolute Gasteiger partial charge is 0.0801 e. The Kier molecular flexibility index (Phi) is 3.12. The van der Waals surface area contributed by atoms with E-state index in [0.717, 1.165) is 11.1 Å². The molecular weight excluding hydrogens is 172 g/mol. The Morgan fingerprint density at radius 3 is 2.75 bits per heavy atom. The van der Waals surface area contributed by atoms with Gasteiger partial charge in [0.25, 0.3) is 0 Å². The highest BCUT2D eigenvalue weighted by molar-refractivity contribution is 6.32. The lowest BCUT2D eigenvalue weighted by Gasteiger charge is -2.11. The largest absolute Gasteiger partial charge is 0.388 e. The van der Waals surface area contributed by atoms with Gasteiger partial charge < -0.3 is 5.11 Å². The molecule has 0 heterocycles. The van der Waals surface area contributed by atoms with Gasteiger partial charge in [0, 0.05) is 5.02 Å². The van der Waals surface area contributed by atoms with Gasteiger partial charge in [-0.15, -0.1) is 0 Å². The number of aliphatic hydroxyl groups excluding tert-OH is 1. The molecule has 1 aromatic rings. The average Bonchev–Trinajstić information content (AvgIpc) is 2.08. The second-order valence-corrected chi connectivity index (χ2v) is 3.28. The van der Waals surface area contributed by atoms with E-state index in [9.17, 15) is 5.11 Å². The van der Waals surface area contributed by atoms with Crippen LogP contribution in [0.25, 0.3) is 0 Å². The molecule has 0 aliphatic carbocycles. The molecule has 1 aromatic carbocycles. The van der Waals surface area contributed by atoms with Gasteiger partial charge in [-0.3, -0.25) is 0 Å². The highest BCUT2D eigenvalue weighted by Crippen LogP contribution is 2.27. The van der Waals surface area contributed by atoms with Gasteiger partial charge in [-0.25, -0.2) is 0 Å². The van der Waals surface area contributed by atoms with Crippen molar-refractivity contribution in [2.75, 3.05) is 0 Å². The van der Waals surface area contributed by atoms with Crippen molar-refractivity contribution in [1.29, 1.82) is 0 Å². The number of rotatable bonds is 2. The van der Waals surface area contributed by atoms with Crippen LogP contribution in [0.15, 0.2) is 18.2 Å². The van der Waals surface area contributed by atoms with Crippen LogP contribution in [0.2, 0.25) is 5.02 Å². The second kappa shape index (κ2) is 3.92. The maximum Gasteiger partial charge on any atom is 0.0801 e. The van der Waals surface area contributed by atoms with E-state index in [-0.39, 0.29) is 0 Å². The van der Waals surface area contributed by atoms with E-state index < -0.39 is 6.10 Å². The van der Waals surface area contributed by atoms with Gasteiger partial charge in [0.05, 0.1) is 6.10 Å². The summed E-state index contributed by atoms with van der Waals surface area (Å²) in [6, 6.07) is 5.72. The Balaban J connectivity index is 3.07. The summed E-state index contributed by atoms with van der Waals surface area (Å²) in [7, 11) is 0. The predicted octanol–water partition coefficient (Wildman–Crippen LogP) is 3.09. The lowest BCUT2D eigenvalue weighted by atomic mass is 10.0. The number of hydrogen-bond acceptors (Lipinski definition) is 1. The van der Waals surface area contributed by atoms with Gasteiger partial charge in [0.2, 0.25) is 0 Å². The molecule has 0 bridgehead atoms. The summed E-state index contributed by atoms with van der Waals surface area (Å²) >= 11 is 6.01. The van der Waals surface area contributed by atoms with Crippen LogP contribution in [-0.4, -0.2) is 5.11 Å². The lowest BCUT2D eigenvalue weighted by Crippen LogP contribution is -1.96. The Hall–Kier alpha value is -0.530. The fourth-order valence-electron chi connectivity index (χ4n) is 1.15. The first-order valence-corrected chi connectivity index (χ1v) is 4.47. The topological polar surface area (TPSA) is 20.2 Å². The van der Waals surface area contributed by atoms with Crippen LogP contribution in [0, 0.1) is 6.92 Å². The molecule has 1 rings (SSSR count). The van der Waals surface area contributed by atoms with Crippen molar-refractivity contribution in [1.82, 2.24) is 0 Å². The first kappa shape index (κ1) is 9.56. The monoisotopic (exact) mass is 184 g/mol. The predicted molar refractivity (Wildman–Crippen MR) is 51.4 cm³/mol. The molecular formula is C10H13ClO. The number of hydrogen-bond donors (Lipinski definition) is 1. The van der Waals surface area contributed by atoms with Crippen LogP contribution in [0.3, 0.4) is 0 Å². The van der Waals surface area contributed by atoms with Crippen molar-refractivity contribution in [3.8, 4) is 0 Å². The van der Waals surface area contributed by atoms with Gasteiger partial charge in [-0.1, -0.05) is 36.7 Å². The molecule has 66 valence electrons. The normalized spacial score (nSPS) is 13.0. The fraction of sp³-hybridized carbons (Fsp3) is 0.400. The minimum absolute atomic E-state index is 0.433. The SMILES string of the molecule is CCC(O)c1cccc(C)c1Cl. The van der Waals surface area contributed by atoms with Crippen molar-refractivity contribution in [2.24, 2.45) is 0 Å². The summed E-state index contributed by atoms with van der Waals surface area (Å²) in [6.07, 6.45) is 0.265. The van der Waals surface area contributed by atoms with Crippen LogP contribution in [0.5, 0.6) is 0 Å². The van der Waals surface area contributed by atoms with E-state index in [1.54, 1.807) is 0 Å². The number of halogens is 1. The molecule has 1 N–H and O–H groups in total. The van der Waals surface area contributed by atoms with E-state index in [2.05, 4.69) is 0 Å². The van der Waals surface area contributed by atoms with E-state index in [0.29, 0.717) is 11.4 Å². The first-order chi connectivity index (χ1) is 5.66. The zero-order valence-electron chi connectivity index (χ0n) is 7.34. The molecule has 1 atom stereocenters. The van der Waals surface area contributed by atoms with Gasteiger partial charge in [-0.05, 0) is 24.5 Å². The lowest BCUT2D eigenvalue weighted by molar-refractivity contribution is 0.173. The van der Waals surface area contributed by atoms with Crippen molar-refractivity contribution in [3.05, 3.63) is 34.3 Å². The molecule has 0 spiro atoms. The van der Waals surface area contributed by atoms with Crippen LogP contribution in [0.4, 0.5) is 0 Å². The van der Waals surface area contributed by atoms with Crippen molar-refractivity contribution >= 4 is 11.6 Å². The third kappa shape index (κ3) is 1.79. The third-order valence-corrected chi connectivity index (χ3v) is 2.48. The highest BCUT2D eigenvalue weighted by atomic mass is 35.5. The van der Waals surface area contributed by atoms with Crippen LogP contribution < -0.4 is 0 Å². The summed E-state index contributed by atoms with van der Waals surface area (Å²) in [5.74, 6) is 0. The summed E-state index contributed by atoms with van der Waals surface area (Å²) in [5.41, 5.74) is 1.85. The number of aliphatic hydroxyl groups is 1. The first-order valence-electron chi connectivity index (χ1n) is 4.10. The summed E-state index contributed by atoms with van der Waals surface area (Å²) in [4.78, 5) is 0. The Morgan fingerprint density at radius 2 is 2.17 bits per heavy atom. The van der Waals surface area contributed by atoms with Crippen LogP contribution in [0.1, 0.15) is 30.6 Å². The molecule has 1 unspecified atom stereocenters. The van der Waals surface area contributed by atoms with Crippen LogP contribution >= 0.6 is 11.6 Å². The molecule has 0 fully saturated rings. The summed E-state index contributed by atoms with van der Waals surface area (Å²) in [6.45, 7) is 3.87. The van der Waals surface area contributed by atoms with E-state index in [4.69, 9.17) is 11.6 Å². The minimum atomic E-state index is -0.433. The Labute approximate surface area is 78.0 Å².